The number of hydrogen-bond donors (Lipinski definition) is 0. The SMILES string of the molecule is CC(C)(C)c1nc2conc2nc1C(C)(C)C. The van der Waals surface area contributed by atoms with Crippen molar-refractivity contribution >= 4 is 11.2 Å². The Labute approximate surface area is 101 Å². The lowest BCUT2D eigenvalue weighted by molar-refractivity contribution is 0.426. The first kappa shape index (κ1) is 12.0. The maximum absolute atomic E-state index is 4.93. The van der Waals surface area contributed by atoms with Crippen molar-refractivity contribution in [2.75, 3.05) is 0 Å². The first-order valence-corrected chi connectivity index (χ1v) is 5.82. The minimum absolute atomic E-state index is 0.0406. The Hall–Kier alpha value is -1.45. The van der Waals surface area contributed by atoms with E-state index in [2.05, 4.69) is 56.7 Å². The molecular weight excluding hydrogens is 214 g/mol. The van der Waals surface area contributed by atoms with Crippen LogP contribution >= 0.6 is 0 Å². The van der Waals surface area contributed by atoms with Gasteiger partial charge in [-0.25, -0.2) is 9.97 Å². The molecule has 2 rings (SSSR count). The van der Waals surface area contributed by atoms with Crippen molar-refractivity contribution in [3.8, 4) is 0 Å². The molecular formula is C13H19N3O. The van der Waals surface area contributed by atoms with Gasteiger partial charge in [0.1, 0.15) is 5.52 Å². The van der Waals surface area contributed by atoms with E-state index in [1.54, 1.807) is 6.26 Å². The van der Waals surface area contributed by atoms with E-state index in [0.29, 0.717) is 5.65 Å². The molecule has 0 bridgehead atoms. The second kappa shape index (κ2) is 3.52. The van der Waals surface area contributed by atoms with E-state index in [1.807, 2.05) is 0 Å². The molecule has 2 aromatic rings. The zero-order chi connectivity index (χ0) is 12.8. The molecule has 2 aromatic heterocycles. The van der Waals surface area contributed by atoms with Crippen molar-refractivity contribution in [3.05, 3.63) is 17.7 Å². The van der Waals surface area contributed by atoms with E-state index in [4.69, 9.17) is 4.52 Å². The number of rotatable bonds is 0. The maximum Gasteiger partial charge on any atom is 0.221 e. The highest BCUT2D eigenvalue weighted by Crippen LogP contribution is 2.32. The molecule has 0 radical (unpaired) electrons. The van der Waals surface area contributed by atoms with Gasteiger partial charge in [-0.1, -0.05) is 46.7 Å². The molecule has 0 fully saturated rings. The fourth-order valence-corrected chi connectivity index (χ4v) is 1.76. The number of nitrogens with zero attached hydrogens (tertiary/aromatic N) is 3. The summed E-state index contributed by atoms with van der Waals surface area (Å²) in [5, 5.41) is 3.87. The zero-order valence-electron chi connectivity index (χ0n) is 11.3. The third-order valence-corrected chi connectivity index (χ3v) is 2.63. The van der Waals surface area contributed by atoms with Gasteiger partial charge >= 0.3 is 0 Å². The Bertz CT molecular complexity index is 496. The van der Waals surface area contributed by atoms with Crippen molar-refractivity contribution in [3.63, 3.8) is 0 Å². The minimum atomic E-state index is -0.0528. The fraction of sp³-hybridized carbons (Fsp3) is 0.615. The van der Waals surface area contributed by atoms with Crippen molar-refractivity contribution in [2.45, 2.75) is 52.4 Å². The second-order valence-corrected chi connectivity index (χ2v) is 6.44. The second-order valence-electron chi connectivity index (χ2n) is 6.44. The van der Waals surface area contributed by atoms with Crippen LogP contribution in [0.5, 0.6) is 0 Å². The van der Waals surface area contributed by atoms with E-state index in [9.17, 15) is 0 Å². The molecule has 0 aliphatic carbocycles. The molecule has 92 valence electrons. The molecule has 0 unspecified atom stereocenters. The standard InChI is InChI=1S/C13H19N3O/c1-12(2,3)9-10(13(4,5)6)15-11-8(14-9)7-17-16-11/h7H,1-6H3. The van der Waals surface area contributed by atoms with Crippen LogP contribution < -0.4 is 0 Å². The monoisotopic (exact) mass is 233 g/mol. The third kappa shape index (κ3) is 2.16. The molecule has 0 spiro atoms. The number of hydrogen-bond acceptors (Lipinski definition) is 4. The van der Waals surface area contributed by atoms with Gasteiger partial charge in [0, 0.05) is 10.8 Å². The van der Waals surface area contributed by atoms with Crippen LogP contribution in [0.4, 0.5) is 0 Å². The summed E-state index contributed by atoms with van der Waals surface area (Å²) in [4.78, 5) is 9.26. The van der Waals surface area contributed by atoms with E-state index in [-0.39, 0.29) is 10.8 Å². The van der Waals surface area contributed by atoms with Crippen LogP contribution in [-0.4, -0.2) is 15.1 Å². The molecule has 0 aliphatic heterocycles. The Morgan fingerprint density at radius 1 is 0.882 bits per heavy atom. The van der Waals surface area contributed by atoms with Crippen LogP contribution in [0.15, 0.2) is 10.8 Å². The Balaban J connectivity index is 2.78. The normalized spacial score (nSPS) is 13.3. The number of fused-ring (bicyclic) bond motifs is 1. The molecule has 0 saturated heterocycles. The largest absolute Gasteiger partial charge is 0.360 e. The Morgan fingerprint density at radius 2 is 1.41 bits per heavy atom. The highest BCUT2D eigenvalue weighted by Gasteiger charge is 2.29. The molecule has 17 heavy (non-hydrogen) atoms. The third-order valence-electron chi connectivity index (χ3n) is 2.63. The summed E-state index contributed by atoms with van der Waals surface area (Å²) >= 11 is 0. The lowest BCUT2D eigenvalue weighted by Crippen LogP contribution is -2.25. The van der Waals surface area contributed by atoms with Crippen LogP contribution in [0.25, 0.3) is 11.2 Å². The van der Waals surface area contributed by atoms with Crippen LogP contribution in [0.1, 0.15) is 52.9 Å². The van der Waals surface area contributed by atoms with E-state index in [0.717, 1.165) is 16.9 Å². The van der Waals surface area contributed by atoms with Gasteiger partial charge in [0.15, 0.2) is 6.26 Å². The van der Waals surface area contributed by atoms with Crippen molar-refractivity contribution < 1.29 is 4.52 Å². The van der Waals surface area contributed by atoms with Gasteiger partial charge in [0.05, 0.1) is 11.4 Å². The smallest absolute Gasteiger partial charge is 0.221 e. The molecule has 0 saturated carbocycles. The Morgan fingerprint density at radius 3 is 1.94 bits per heavy atom. The summed E-state index contributed by atoms with van der Waals surface area (Å²) in [6.45, 7) is 12.8. The predicted molar refractivity (Wildman–Crippen MR) is 67.0 cm³/mol. The van der Waals surface area contributed by atoms with Crippen molar-refractivity contribution in [1.29, 1.82) is 0 Å². The van der Waals surface area contributed by atoms with Crippen LogP contribution in [0.3, 0.4) is 0 Å². The highest BCUT2D eigenvalue weighted by molar-refractivity contribution is 5.68. The quantitative estimate of drug-likeness (QED) is 0.701. The first-order valence-electron chi connectivity index (χ1n) is 5.82. The van der Waals surface area contributed by atoms with Crippen LogP contribution in [0.2, 0.25) is 0 Å². The van der Waals surface area contributed by atoms with Crippen molar-refractivity contribution in [2.24, 2.45) is 0 Å². The molecule has 0 amide bonds. The maximum atomic E-state index is 4.93. The van der Waals surface area contributed by atoms with Crippen molar-refractivity contribution in [1.82, 2.24) is 15.1 Å². The van der Waals surface area contributed by atoms with Gasteiger partial charge in [0.25, 0.3) is 0 Å². The van der Waals surface area contributed by atoms with Crippen LogP contribution in [0, 0.1) is 0 Å². The molecule has 0 atom stereocenters. The first-order chi connectivity index (χ1) is 7.69. The fourth-order valence-electron chi connectivity index (χ4n) is 1.76. The van der Waals surface area contributed by atoms with Gasteiger partial charge in [-0.3, -0.25) is 0 Å². The molecule has 2 heterocycles. The summed E-state index contributed by atoms with van der Waals surface area (Å²) in [7, 11) is 0. The summed E-state index contributed by atoms with van der Waals surface area (Å²) < 4.78 is 4.93. The van der Waals surface area contributed by atoms with Gasteiger partial charge in [0.2, 0.25) is 5.65 Å². The summed E-state index contributed by atoms with van der Waals surface area (Å²) in [6.07, 6.45) is 1.55. The average Bonchev–Trinajstić information content (AvgIpc) is 2.59. The Kier molecular flexibility index (Phi) is 2.49. The lowest BCUT2D eigenvalue weighted by atomic mass is 9.81. The summed E-state index contributed by atoms with van der Waals surface area (Å²) in [5.74, 6) is 0. The topological polar surface area (TPSA) is 51.8 Å². The zero-order valence-corrected chi connectivity index (χ0v) is 11.3. The van der Waals surface area contributed by atoms with Gasteiger partial charge in [-0.05, 0) is 0 Å². The van der Waals surface area contributed by atoms with E-state index >= 15 is 0 Å². The van der Waals surface area contributed by atoms with Crippen LogP contribution in [-0.2, 0) is 10.8 Å². The average molecular weight is 233 g/mol. The van der Waals surface area contributed by atoms with E-state index < -0.39 is 0 Å². The highest BCUT2D eigenvalue weighted by atomic mass is 16.5. The summed E-state index contributed by atoms with van der Waals surface area (Å²) in [5.41, 5.74) is 3.22. The predicted octanol–water partition coefficient (Wildman–Crippen LogP) is 3.21. The van der Waals surface area contributed by atoms with Gasteiger partial charge in [-0.15, -0.1) is 0 Å². The molecule has 0 N–H and O–H groups in total. The molecule has 0 aliphatic rings. The summed E-state index contributed by atoms with van der Waals surface area (Å²) in [6, 6.07) is 0. The van der Waals surface area contributed by atoms with E-state index in [1.165, 1.54) is 0 Å². The van der Waals surface area contributed by atoms with Gasteiger partial charge < -0.3 is 4.52 Å². The minimum Gasteiger partial charge on any atom is -0.360 e. The molecule has 4 heteroatoms. The van der Waals surface area contributed by atoms with Gasteiger partial charge in [-0.2, -0.15) is 0 Å². The lowest BCUT2D eigenvalue weighted by Gasteiger charge is -2.27. The molecule has 4 nitrogen and oxygen atoms in total. The number of aromatic nitrogens is 3. The molecule has 0 aromatic carbocycles.